The summed E-state index contributed by atoms with van der Waals surface area (Å²) in [4.78, 5) is 27.3. The average Bonchev–Trinajstić information content (AvgIpc) is 2.67. The van der Waals surface area contributed by atoms with E-state index in [2.05, 4.69) is 41.0 Å². The number of para-hydroxylation sites is 1. The summed E-state index contributed by atoms with van der Waals surface area (Å²) in [5.41, 5.74) is 2.54. The van der Waals surface area contributed by atoms with Crippen LogP contribution in [0, 0.1) is 17.0 Å². The van der Waals surface area contributed by atoms with E-state index < -0.39 is 4.92 Å². The number of nitro groups is 1. The number of nitrogens with zero attached hydrogens (tertiary/aromatic N) is 3. The average molecular weight is 365 g/mol. The van der Waals surface area contributed by atoms with Gasteiger partial charge in [0.05, 0.1) is 10.5 Å². The molecule has 0 radical (unpaired) electrons. The second-order valence-corrected chi connectivity index (χ2v) is 6.76. The van der Waals surface area contributed by atoms with Crippen LogP contribution in [0.15, 0.2) is 60.8 Å². The minimum atomic E-state index is -0.523. The van der Waals surface area contributed by atoms with Crippen LogP contribution in [0.4, 0.5) is 5.69 Å². The monoisotopic (exact) mass is 365 g/mol. The molecular formula is C21H23N3O3. The zero-order valence-electron chi connectivity index (χ0n) is 15.4. The number of carbonyl (C=O) groups excluding carboxylic acids is 1. The smallest absolute Gasteiger partial charge is 0.280 e. The van der Waals surface area contributed by atoms with Crippen LogP contribution in [0.2, 0.25) is 0 Å². The first-order chi connectivity index (χ1) is 13.0. The van der Waals surface area contributed by atoms with E-state index in [9.17, 15) is 14.9 Å². The number of ketones is 1. The van der Waals surface area contributed by atoms with Gasteiger partial charge >= 0.3 is 0 Å². The van der Waals surface area contributed by atoms with Gasteiger partial charge < -0.3 is 4.90 Å². The summed E-state index contributed by atoms with van der Waals surface area (Å²) in [6.45, 7) is 6.50. The minimum absolute atomic E-state index is 0.122. The number of benzene rings is 2. The number of rotatable bonds is 6. The summed E-state index contributed by atoms with van der Waals surface area (Å²) in [5.74, 6) is -0.343. The third-order valence-electron chi connectivity index (χ3n) is 4.70. The van der Waals surface area contributed by atoms with Gasteiger partial charge in [0.25, 0.3) is 5.69 Å². The maximum absolute atomic E-state index is 12.3. The zero-order chi connectivity index (χ0) is 19.2. The van der Waals surface area contributed by atoms with Crippen molar-refractivity contribution in [2.75, 3.05) is 26.2 Å². The first-order valence-electron chi connectivity index (χ1n) is 9.01. The van der Waals surface area contributed by atoms with E-state index >= 15 is 0 Å². The Hall–Kier alpha value is -2.99. The highest BCUT2D eigenvalue weighted by Crippen LogP contribution is 2.18. The lowest BCUT2D eigenvalue weighted by Gasteiger charge is -2.34. The van der Waals surface area contributed by atoms with Crippen LogP contribution in [-0.2, 0) is 6.54 Å². The number of allylic oxidation sites excluding steroid dienone is 1. The lowest BCUT2D eigenvalue weighted by atomic mass is 10.1. The number of piperazine rings is 1. The van der Waals surface area contributed by atoms with Gasteiger partial charge in [-0.3, -0.25) is 19.8 Å². The maximum Gasteiger partial charge on any atom is 0.280 e. The molecule has 0 atom stereocenters. The van der Waals surface area contributed by atoms with Gasteiger partial charge in [-0.25, -0.2) is 0 Å². The van der Waals surface area contributed by atoms with Crippen molar-refractivity contribution in [2.45, 2.75) is 13.5 Å². The first kappa shape index (κ1) is 18.8. The van der Waals surface area contributed by atoms with Crippen molar-refractivity contribution in [1.29, 1.82) is 0 Å². The van der Waals surface area contributed by atoms with Crippen molar-refractivity contribution in [3.05, 3.63) is 87.6 Å². The minimum Gasteiger partial charge on any atom is -0.375 e. The fourth-order valence-electron chi connectivity index (χ4n) is 3.24. The SMILES string of the molecule is Cc1cccc(CN2CCN(/C=C/C(=O)c3ccccc3[N+](=O)[O-])CC2)c1. The molecule has 0 unspecified atom stereocenters. The van der Waals surface area contributed by atoms with Crippen molar-refractivity contribution in [1.82, 2.24) is 9.80 Å². The van der Waals surface area contributed by atoms with Crippen LogP contribution in [0.3, 0.4) is 0 Å². The Morgan fingerprint density at radius 3 is 2.56 bits per heavy atom. The second kappa shape index (κ2) is 8.60. The Morgan fingerprint density at radius 1 is 1.11 bits per heavy atom. The molecule has 3 rings (SSSR count). The molecule has 6 nitrogen and oxygen atoms in total. The van der Waals surface area contributed by atoms with Gasteiger partial charge in [-0.15, -0.1) is 0 Å². The molecule has 6 heteroatoms. The van der Waals surface area contributed by atoms with Crippen LogP contribution >= 0.6 is 0 Å². The fourth-order valence-corrected chi connectivity index (χ4v) is 3.24. The van der Waals surface area contributed by atoms with E-state index in [4.69, 9.17) is 0 Å². The molecule has 0 aliphatic carbocycles. The number of hydrogen-bond acceptors (Lipinski definition) is 5. The molecule has 140 valence electrons. The number of hydrogen-bond donors (Lipinski definition) is 0. The number of carbonyl (C=O) groups is 1. The molecule has 1 fully saturated rings. The highest BCUT2D eigenvalue weighted by atomic mass is 16.6. The highest BCUT2D eigenvalue weighted by Gasteiger charge is 2.18. The molecule has 1 aliphatic heterocycles. The molecule has 2 aromatic rings. The van der Waals surface area contributed by atoms with E-state index in [1.165, 1.54) is 29.3 Å². The molecule has 2 aromatic carbocycles. The van der Waals surface area contributed by atoms with Crippen molar-refractivity contribution >= 4 is 11.5 Å². The van der Waals surface area contributed by atoms with Crippen molar-refractivity contribution in [2.24, 2.45) is 0 Å². The molecule has 0 bridgehead atoms. The van der Waals surface area contributed by atoms with Crippen LogP contribution in [0.5, 0.6) is 0 Å². The van der Waals surface area contributed by atoms with Gasteiger partial charge in [-0.1, -0.05) is 42.0 Å². The molecular weight excluding hydrogens is 342 g/mol. The van der Waals surface area contributed by atoms with Gasteiger partial charge in [0.2, 0.25) is 0 Å². The Labute approximate surface area is 158 Å². The summed E-state index contributed by atoms with van der Waals surface area (Å²) >= 11 is 0. The molecule has 0 N–H and O–H groups in total. The molecule has 1 aliphatic rings. The largest absolute Gasteiger partial charge is 0.375 e. The summed E-state index contributed by atoms with van der Waals surface area (Å²) in [6.07, 6.45) is 3.18. The van der Waals surface area contributed by atoms with Gasteiger partial charge in [0.1, 0.15) is 0 Å². The van der Waals surface area contributed by atoms with E-state index in [0.717, 1.165) is 32.7 Å². The molecule has 1 heterocycles. The van der Waals surface area contributed by atoms with Crippen molar-refractivity contribution in [3.63, 3.8) is 0 Å². The van der Waals surface area contributed by atoms with Gasteiger partial charge in [-0.05, 0) is 18.6 Å². The maximum atomic E-state index is 12.3. The van der Waals surface area contributed by atoms with E-state index in [-0.39, 0.29) is 17.0 Å². The quantitative estimate of drug-likeness (QED) is 0.340. The van der Waals surface area contributed by atoms with E-state index in [1.807, 2.05) is 0 Å². The lowest BCUT2D eigenvalue weighted by Crippen LogP contribution is -2.43. The summed E-state index contributed by atoms with van der Waals surface area (Å²) in [7, 11) is 0. The van der Waals surface area contributed by atoms with Crippen LogP contribution in [0.1, 0.15) is 21.5 Å². The van der Waals surface area contributed by atoms with E-state index in [0.29, 0.717) is 0 Å². The third kappa shape index (κ3) is 5.01. The van der Waals surface area contributed by atoms with Gasteiger partial charge in [0, 0.05) is 51.1 Å². The normalized spacial score (nSPS) is 15.2. The Bertz CT molecular complexity index is 855. The fraction of sp³-hybridized carbons (Fsp3) is 0.286. The highest BCUT2D eigenvalue weighted by molar-refractivity contribution is 6.07. The first-order valence-corrected chi connectivity index (χ1v) is 9.01. The predicted octanol–water partition coefficient (Wildman–Crippen LogP) is 3.42. The number of aryl methyl sites for hydroxylation is 1. The zero-order valence-corrected chi connectivity index (χ0v) is 15.4. The second-order valence-electron chi connectivity index (χ2n) is 6.76. The lowest BCUT2D eigenvalue weighted by molar-refractivity contribution is -0.385. The molecule has 0 aromatic heterocycles. The van der Waals surface area contributed by atoms with E-state index in [1.54, 1.807) is 18.3 Å². The Morgan fingerprint density at radius 2 is 1.85 bits per heavy atom. The molecule has 27 heavy (non-hydrogen) atoms. The van der Waals surface area contributed by atoms with Crippen molar-refractivity contribution < 1.29 is 9.72 Å². The predicted molar refractivity (Wildman–Crippen MR) is 105 cm³/mol. The standard InChI is InChI=1S/C21H23N3O3/c1-17-5-4-6-18(15-17)16-23-13-11-22(12-14-23)10-9-21(25)19-7-2-3-8-20(19)24(26)27/h2-10,15H,11-14,16H2,1H3/b10-9+. The Balaban J connectivity index is 1.54. The summed E-state index contributed by atoms with van der Waals surface area (Å²) in [5, 5.41) is 11.1. The summed E-state index contributed by atoms with van der Waals surface area (Å²) < 4.78 is 0. The summed E-state index contributed by atoms with van der Waals surface area (Å²) in [6, 6.07) is 14.6. The number of nitro benzene ring substituents is 1. The topological polar surface area (TPSA) is 66.7 Å². The van der Waals surface area contributed by atoms with Crippen LogP contribution in [-0.4, -0.2) is 46.7 Å². The van der Waals surface area contributed by atoms with Crippen LogP contribution in [0.25, 0.3) is 0 Å². The van der Waals surface area contributed by atoms with Crippen LogP contribution < -0.4 is 0 Å². The van der Waals surface area contributed by atoms with Gasteiger partial charge in [0.15, 0.2) is 5.78 Å². The van der Waals surface area contributed by atoms with Crippen molar-refractivity contribution in [3.8, 4) is 0 Å². The van der Waals surface area contributed by atoms with Gasteiger partial charge in [-0.2, -0.15) is 0 Å². The Kier molecular flexibility index (Phi) is 5.98. The molecule has 0 saturated carbocycles. The third-order valence-corrected chi connectivity index (χ3v) is 4.70. The molecule has 0 spiro atoms. The molecule has 1 saturated heterocycles. The molecule has 0 amide bonds.